The second-order valence-electron chi connectivity index (χ2n) is 8.57. The molecule has 0 heterocycles. The Kier molecular flexibility index (Phi) is 23.0. The summed E-state index contributed by atoms with van der Waals surface area (Å²) in [5, 5.41) is 0. The predicted octanol–water partition coefficient (Wildman–Crippen LogP) is 9.87. The highest BCUT2D eigenvalue weighted by Crippen LogP contribution is 2.21. The van der Waals surface area contributed by atoms with E-state index in [1.807, 2.05) is 0 Å². The van der Waals surface area contributed by atoms with Crippen LogP contribution < -0.4 is 0 Å². The first kappa shape index (κ1) is 26.0. The molecule has 1 atom stereocenters. The maximum absolute atomic E-state index is 3.94. The SMILES string of the molecule is [CH2]CCCCCCCCCCCCCCCCC(CC)CCCCC[CH2]. The van der Waals surface area contributed by atoms with Gasteiger partial charge in [-0.3, -0.25) is 0 Å². The van der Waals surface area contributed by atoms with Crippen LogP contribution in [0.25, 0.3) is 0 Å². The zero-order chi connectivity index (χ0) is 19.1. The molecule has 0 aliphatic rings. The standard InChI is InChI=1S/C26H52/c1-4-7-9-11-12-13-14-15-16-17-18-19-20-21-23-25-26(6-3)24-22-10-8-5-2/h26H,1-2,4-25H2,3H3. The molecule has 0 saturated carbocycles. The Labute approximate surface area is 168 Å². The summed E-state index contributed by atoms with van der Waals surface area (Å²) in [5.41, 5.74) is 0. The van der Waals surface area contributed by atoms with Gasteiger partial charge in [-0.1, -0.05) is 162 Å². The lowest BCUT2D eigenvalue weighted by atomic mass is 9.92. The molecule has 0 aromatic heterocycles. The van der Waals surface area contributed by atoms with E-state index in [4.69, 9.17) is 0 Å². The summed E-state index contributed by atoms with van der Waals surface area (Å²) in [6.07, 6.45) is 31.1. The van der Waals surface area contributed by atoms with E-state index >= 15 is 0 Å². The van der Waals surface area contributed by atoms with Gasteiger partial charge in [-0.2, -0.15) is 0 Å². The van der Waals surface area contributed by atoms with Crippen molar-refractivity contribution in [2.24, 2.45) is 5.92 Å². The van der Waals surface area contributed by atoms with Gasteiger partial charge < -0.3 is 0 Å². The van der Waals surface area contributed by atoms with Gasteiger partial charge in [0.15, 0.2) is 0 Å². The zero-order valence-corrected chi connectivity index (χ0v) is 18.5. The summed E-state index contributed by atoms with van der Waals surface area (Å²) < 4.78 is 0. The Morgan fingerprint density at radius 2 is 0.692 bits per heavy atom. The van der Waals surface area contributed by atoms with E-state index in [1.165, 1.54) is 128 Å². The van der Waals surface area contributed by atoms with Gasteiger partial charge in [0, 0.05) is 0 Å². The fourth-order valence-corrected chi connectivity index (χ4v) is 4.07. The van der Waals surface area contributed by atoms with Crippen molar-refractivity contribution in [3.63, 3.8) is 0 Å². The summed E-state index contributed by atoms with van der Waals surface area (Å²) in [5.74, 6) is 0.999. The fraction of sp³-hybridized carbons (Fsp3) is 0.923. The first-order chi connectivity index (χ1) is 12.8. The van der Waals surface area contributed by atoms with Crippen LogP contribution >= 0.6 is 0 Å². The largest absolute Gasteiger partial charge is 0.0651 e. The fourth-order valence-electron chi connectivity index (χ4n) is 4.07. The van der Waals surface area contributed by atoms with E-state index in [0.29, 0.717) is 0 Å². The molecule has 156 valence electrons. The van der Waals surface area contributed by atoms with Crippen LogP contribution in [-0.4, -0.2) is 0 Å². The lowest BCUT2D eigenvalue weighted by molar-refractivity contribution is 0.394. The minimum absolute atomic E-state index is 0.999. The van der Waals surface area contributed by atoms with Crippen molar-refractivity contribution in [3.8, 4) is 0 Å². The van der Waals surface area contributed by atoms with Gasteiger partial charge in [-0.25, -0.2) is 0 Å². The van der Waals surface area contributed by atoms with Crippen LogP contribution in [0, 0.1) is 19.8 Å². The second kappa shape index (κ2) is 23.0. The molecule has 0 aromatic rings. The van der Waals surface area contributed by atoms with Gasteiger partial charge >= 0.3 is 0 Å². The molecule has 0 N–H and O–H groups in total. The average molecular weight is 365 g/mol. The molecular formula is C26H52. The summed E-state index contributed by atoms with van der Waals surface area (Å²) in [6, 6.07) is 0. The normalized spacial score (nSPS) is 12.6. The molecule has 0 nitrogen and oxygen atoms in total. The predicted molar refractivity (Wildman–Crippen MR) is 121 cm³/mol. The molecule has 0 rings (SSSR count). The summed E-state index contributed by atoms with van der Waals surface area (Å²) >= 11 is 0. The quantitative estimate of drug-likeness (QED) is 0.168. The minimum atomic E-state index is 0.999. The Balaban J connectivity index is 3.18. The van der Waals surface area contributed by atoms with Crippen molar-refractivity contribution < 1.29 is 0 Å². The number of hydrogen-bond acceptors (Lipinski definition) is 0. The summed E-state index contributed by atoms with van der Waals surface area (Å²) in [4.78, 5) is 0. The molecule has 0 amide bonds. The highest BCUT2D eigenvalue weighted by atomic mass is 14.1. The molecule has 0 saturated heterocycles. The first-order valence-electron chi connectivity index (χ1n) is 12.4. The first-order valence-corrected chi connectivity index (χ1v) is 12.4. The van der Waals surface area contributed by atoms with E-state index in [1.54, 1.807) is 0 Å². The van der Waals surface area contributed by atoms with E-state index in [9.17, 15) is 0 Å². The Morgan fingerprint density at radius 3 is 1.00 bits per heavy atom. The van der Waals surface area contributed by atoms with E-state index in [-0.39, 0.29) is 0 Å². The highest BCUT2D eigenvalue weighted by Gasteiger charge is 2.05. The second-order valence-corrected chi connectivity index (χ2v) is 8.57. The molecule has 0 aromatic carbocycles. The van der Waals surface area contributed by atoms with E-state index in [0.717, 1.165) is 18.8 Å². The van der Waals surface area contributed by atoms with Gasteiger partial charge in [0.25, 0.3) is 0 Å². The average Bonchev–Trinajstić information content (AvgIpc) is 2.66. The van der Waals surface area contributed by atoms with Gasteiger partial charge in [-0.15, -0.1) is 0 Å². The topological polar surface area (TPSA) is 0 Å². The molecule has 0 bridgehead atoms. The summed E-state index contributed by atoms with van der Waals surface area (Å²) in [6.45, 7) is 10.2. The van der Waals surface area contributed by atoms with Crippen molar-refractivity contribution in [1.29, 1.82) is 0 Å². The van der Waals surface area contributed by atoms with Gasteiger partial charge in [-0.05, 0) is 5.92 Å². The van der Waals surface area contributed by atoms with Crippen LogP contribution in [0.5, 0.6) is 0 Å². The van der Waals surface area contributed by atoms with Crippen LogP contribution in [0.15, 0.2) is 0 Å². The van der Waals surface area contributed by atoms with Crippen molar-refractivity contribution in [2.45, 2.75) is 148 Å². The van der Waals surface area contributed by atoms with Crippen LogP contribution in [0.1, 0.15) is 148 Å². The molecule has 1 unspecified atom stereocenters. The van der Waals surface area contributed by atoms with Crippen molar-refractivity contribution >= 4 is 0 Å². The number of unbranched alkanes of at least 4 members (excludes halogenated alkanes) is 17. The maximum atomic E-state index is 3.94. The third-order valence-corrected chi connectivity index (χ3v) is 6.05. The van der Waals surface area contributed by atoms with Crippen LogP contribution in [-0.2, 0) is 0 Å². The smallest absolute Gasteiger partial charge is 0.0417 e. The van der Waals surface area contributed by atoms with Crippen molar-refractivity contribution in [1.82, 2.24) is 0 Å². The van der Waals surface area contributed by atoms with Crippen LogP contribution in [0.4, 0.5) is 0 Å². The zero-order valence-electron chi connectivity index (χ0n) is 18.5. The minimum Gasteiger partial charge on any atom is -0.0651 e. The molecule has 26 heavy (non-hydrogen) atoms. The third kappa shape index (κ3) is 20.3. The van der Waals surface area contributed by atoms with Crippen LogP contribution in [0.3, 0.4) is 0 Å². The molecule has 0 spiro atoms. The Morgan fingerprint density at radius 1 is 0.423 bits per heavy atom. The molecule has 0 heteroatoms. The van der Waals surface area contributed by atoms with Gasteiger partial charge in [0.2, 0.25) is 0 Å². The highest BCUT2D eigenvalue weighted by molar-refractivity contribution is 4.59. The number of hydrogen-bond donors (Lipinski definition) is 0. The van der Waals surface area contributed by atoms with Crippen molar-refractivity contribution in [2.75, 3.05) is 0 Å². The van der Waals surface area contributed by atoms with E-state index in [2.05, 4.69) is 20.8 Å². The van der Waals surface area contributed by atoms with Crippen LogP contribution in [0.2, 0.25) is 0 Å². The molecule has 0 aliphatic carbocycles. The van der Waals surface area contributed by atoms with Crippen molar-refractivity contribution in [3.05, 3.63) is 13.8 Å². The molecule has 0 aliphatic heterocycles. The number of rotatable bonds is 22. The van der Waals surface area contributed by atoms with Gasteiger partial charge in [0.1, 0.15) is 0 Å². The third-order valence-electron chi connectivity index (χ3n) is 6.05. The molecule has 2 radical (unpaired) electrons. The molecular weight excluding hydrogens is 312 g/mol. The van der Waals surface area contributed by atoms with Gasteiger partial charge in [0.05, 0.1) is 0 Å². The van der Waals surface area contributed by atoms with E-state index < -0.39 is 0 Å². The lowest BCUT2D eigenvalue weighted by Crippen LogP contribution is -1.99. The molecule has 0 fully saturated rings. The summed E-state index contributed by atoms with van der Waals surface area (Å²) in [7, 11) is 0. The Bertz CT molecular complexity index is 232. The monoisotopic (exact) mass is 364 g/mol. The lowest BCUT2D eigenvalue weighted by Gasteiger charge is -2.14. The Hall–Kier alpha value is 0. The maximum Gasteiger partial charge on any atom is -0.0417 e.